The molecule has 8 heteroatoms. The second-order valence-electron chi connectivity index (χ2n) is 6.14. The van der Waals surface area contributed by atoms with Gasteiger partial charge in [-0.05, 0) is 32.4 Å². The van der Waals surface area contributed by atoms with Crippen LogP contribution in [0.2, 0.25) is 0 Å². The van der Waals surface area contributed by atoms with Gasteiger partial charge < -0.3 is 9.84 Å². The molecule has 1 aromatic heterocycles. The lowest BCUT2D eigenvalue weighted by Crippen LogP contribution is -2.44. The molecule has 2 unspecified atom stereocenters. The van der Waals surface area contributed by atoms with Crippen LogP contribution in [-0.2, 0) is 11.2 Å². The molecule has 2 heterocycles. The van der Waals surface area contributed by atoms with Crippen LogP contribution in [0.3, 0.4) is 0 Å². The van der Waals surface area contributed by atoms with Crippen molar-refractivity contribution >= 4 is 5.91 Å². The minimum Gasteiger partial charge on any atom is -0.361 e. The summed E-state index contributed by atoms with van der Waals surface area (Å²) in [6, 6.07) is 3.21. The fourth-order valence-electron chi connectivity index (χ4n) is 3.05. The maximum Gasteiger partial charge on any atom is 0.221 e. The Bertz CT molecular complexity index is 738. The van der Waals surface area contributed by atoms with Crippen LogP contribution in [0.25, 0.3) is 0 Å². The normalized spacial score (nSPS) is 20.0. The third kappa shape index (κ3) is 3.85. The summed E-state index contributed by atoms with van der Waals surface area (Å²) in [5.41, 5.74) is 7.37. The van der Waals surface area contributed by atoms with Crippen molar-refractivity contribution in [2.24, 2.45) is 0 Å². The van der Waals surface area contributed by atoms with E-state index >= 15 is 0 Å². The Morgan fingerprint density at radius 3 is 2.68 bits per heavy atom. The number of hydrogen-bond donors (Lipinski definition) is 3. The summed E-state index contributed by atoms with van der Waals surface area (Å²) < 4.78 is 32.7. The van der Waals surface area contributed by atoms with Gasteiger partial charge in [-0.25, -0.2) is 19.6 Å². The van der Waals surface area contributed by atoms with E-state index in [0.717, 1.165) is 11.3 Å². The van der Waals surface area contributed by atoms with Gasteiger partial charge >= 0.3 is 0 Å². The summed E-state index contributed by atoms with van der Waals surface area (Å²) in [6.07, 6.45) is 0.744. The Hall–Kier alpha value is -2.32. The van der Waals surface area contributed by atoms with E-state index < -0.39 is 23.8 Å². The van der Waals surface area contributed by atoms with Gasteiger partial charge in [-0.15, -0.1) is 0 Å². The molecule has 0 bridgehead atoms. The number of aromatic nitrogens is 1. The predicted molar refractivity (Wildman–Crippen MR) is 86.2 cm³/mol. The third-order valence-electron chi connectivity index (χ3n) is 4.37. The molecule has 25 heavy (non-hydrogen) atoms. The van der Waals surface area contributed by atoms with Crippen LogP contribution in [0.15, 0.2) is 22.7 Å². The number of amides is 1. The summed E-state index contributed by atoms with van der Waals surface area (Å²) in [4.78, 5) is 12.1. The molecule has 134 valence electrons. The van der Waals surface area contributed by atoms with Gasteiger partial charge in [-0.2, -0.15) is 0 Å². The zero-order valence-electron chi connectivity index (χ0n) is 14.0. The number of carbonyl (C=O) groups is 1. The summed E-state index contributed by atoms with van der Waals surface area (Å²) in [5.74, 6) is -0.663. The second-order valence-corrected chi connectivity index (χ2v) is 6.14. The van der Waals surface area contributed by atoms with E-state index in [1.807, 2.05) is 13.8 Å². The molecule has 0 aliphatic carbocycles. The molecule has 0 saturated carbocycles. The molecule has 3 N–H and O–H groups in total. The monoisotopic (exact) mass is 350 g/mol. The predicted octanol–water partition coefficient (Wildman–Crippen LogP) is 2.18. The van der Waals surface area contributed by atoms with E-state index in [4.69, 9.17) is 4.52 Å². The fraction of sp³-hybridized carbons (Fsp3) is 0.412. The van der Waals surface area contributed by atoms with Crippen LogP contribution in [0.5, 0.6) is 0 Å². The number of carbonyl (C=O) groups excluding carboxylic acids is 1. The Morgan fingerprint density at radius 1 is 1.32 bits per heavy atom. The Kier molecular flexibility index (Phi) is 5.10. The average molecular weight is 350 g/mol. The van der Waals surface area contributed by atoms with Crippen molar-refractivity contribution in [3.8, 4) is 0 Å². The zero-order valence-corrected chi connectivity index (χ0v) is 14.0. The van der Waals surface area contributed by atoms with Crippen molar-refractivity contribution in [2.75, 3.05) is 0 Å². The van der Waals surface area contributed by atoms with Gasteiger partial charge in [-0.3, -0.25) is 4.79 Å². The molecule has 1 aliphatic heterocycles. The van der Waals surface area contributed by atoms with Gasteiger partial charge in [0.25, 0.3) is 0 Å². The molecule has 1 saturated heterocycles. The Labute approximate surface area is 143 Å². The standard InChI is InChI=1S/C17H20F2N4O2/c1-9-11(10(2)25-23-9)6-7-16(24)20-15-8-14(21-22-15)17-12(18)4-3-5-13(17)19/h3-5,14-15,21-22H,6-8H2,1-2H3,(H,20,24). The first-order valence-corrected chi connectivity index (χ1v) is 8.11. The highest BCUT2D eigenvalue weighted by Crippen LogP contribution is 2.26. The van der Waals surface area contributed by atoms with Gasteiger partial charge in [0.05, 0.1) is 17.9 Å². The van der Waals surface area contributed by atoms with Crippen molar-refractivity contribution in [3.05, 3.63) is 52.4 Å². The fourth-order valence-corrected chi connectivity index (χ4v) is 3.05. The lowest BCUT2D eigenvalue weighted by molar-refractivity contribution is -0.121. The van der Waals surface area contributed by atoms with E-state index in [9.17, 15) is 13.6 Å². The van der Waals surface area contributed by atoms with Crippen molar-refractivity contribution in [3.63, 3.8) is 0 Å². The number of hydrazine groups is 1. The van der Waals surface area contributed by atoms with Gasteiger partial charge in [0.15, 0.2) is 0 Å². The molecule has 2 atom stereocenters. The summed E-state index contributed by atoms with van der Waals surface area (Å²) in [7, 11) is 0. The first kappa shape index (κ1) is 17.5. The maximum atomic E-state index is 13.8. The van der Waals surface area contributed by atoms with E-state index in [-0.39, 0.29) is 17.9 Å². The molecule has 1 aromatic carbocycles. The number of halogens is 2. The minimum absolute atomic E-state index is 0.0255. The number of nitrogens with one attached hydrogen (secondary N) is 3. The van der Waals surface area contributed by atoms with Crippen LogP contribution in [0, 0.1) is 25.5 Å². The molecule has 0 radical (unpaired) electrons. The number of benzene rings is 1. The summed E-state index contributed by atoms with van der Waals surface area (Å²) in [5, 5.41) is 6.67. The van der Waals surface area contributed by atoms with Crippen molar-refractivity contribution in [1.82, 2.24) is 21.3 Å². The van der Waals surface area contributed by atoms with E-state index in [2.05, 4.69) is 21.3 Å². The highest BCUT2D eigenvalue weighted by atomic mass is 19.1. The lowest BCUT2D eigenvalue weighted by Gasteiger charge is -2.13. The molecular weight excluding hydrogens is 330 g/mol. The smallest absolute Gasteiger partial charge is 0.221 e. The minimum atomic E-state index is -0.607. The second kappa shape index (κ2) is 7.28. The highest BCUT2D eigenvalue weighted by Gasteiger charge is 2.30. The molecule has 1 fully saturated rings. The van der Waals surface area contributed by atoms with E-state index in [1.54, 1.807) is 0 Å². The topological polar surface area (TPSA) is 79.2 Å². The van der Waals surface area contributed by atoms with Gasteiger partial charge in [-0.1, -0.05) is 11.2 Å². The van der Waals surface area contributed by atoms with Crippen LogP contribution in [0.4, 0.5) is 8.78 Å². The van der Waals surface area contributed by atoms with Gasteiger partial charge in [0, 0.05) is 24.0 Å². The number of rotatable bonds is 5. The van der Waals surface area contributed by atoms with Gasteiger partial charge in [0.1, 0.15) is 17.4 Å². The summed E-state index contributed by atoms with van der Waals surface area (Å²) >= 11 is 0. The van der Waals surface area contributed by atoms with E-state index in [0.29, 0.717) is 18.6 Å². The lowest BCUT2D eigenvalue weighted by atomic mass is 10.0. The van der Waals surface area contributed by atoms with Crippen LogP contribution in [-0.4, -0.2) is 17.2 Å². The Balaban J connectivity index is 1.54. The molecule has 1 amide bonds. The largest absolute Gasteiger partial charge is 0.361 e. The number of hydrogen-bond acceptors (Lipinski definition) is 5. The molecular formula is C17H20F2N4O2. The maximum absolute atomic E-state index is 13.8. The molecule has 0 spiro atoms. The first-order chi connectivity index (χ1) is 12.0. The zero-order chi connectivity index (χ0) is 18.0. The molecule has 2 aromatic rings. The first-order valence-electron chi connectivity index (χ1n) is 8.11. The quantitative estimate of drug-likeness (QED) is 0.770. The van der Waals surface area contributed by atoms with Crippen LogP contribution < -0.4 is 16.2 Å². The van der Waals surface area contributed by atoms with Gasteiger partial charge in [0.2, 0.25) is 5.91 Å². The molecule has 1 aliphatic rings. The van der Waals surface area contributed by atoms with Crippen molar-refractivity contribution in [1.29, 1.82) is 0 Å². The highest BCUT2D eigenvalue weighted by molar-refractivity contribution is 5.76. The number of aryl methyl sites for hydroxylation is 2. The molecule has 3 rings (SSSR count). The van der Waals surface area contributed by atoms with E-state index in [1.165, 1.54) is 18.2 Å². The SMILES string of the molecule is Cc1noc(C)c1CCC(=O)NC1CC(c2c(F)cccc2F)NN1. The average Bonchev–Trinajstić information content (AvgIpc) is 3.13. The van der Waals surface area contributed by atoms with Crippen LogP contribution in [0.1, 0.15) is 41.5 Å². The van der Waals surface area contributed by atoms with Crippen molar-refractivity contribution in [2.45, 2.75) is 45.3 Å². The summed E-state index contributed by atoms with van der Waals surface area (Å²) in [6.45, 7) is 3.64. The number of nitrogens with zero attached hydrogens (tertiary/aromatic N) is 1. The van der Waals surface area contributed by atoms with Crippen molar-refractivity contribution < 1.29 is 18.1 Å². The molecule has 6 nitrogen and oxygen atoms in total. The Morgan fingerprint density at radius 2 is 2.04 bits per heavy atom. The van der Waals surface area contributed by atoms with Crippen LogP contribution >= 0.6 is 0 Å². The third-order valence-corrected chi connectivity index (χ3v) is 4.37.